The molecule has 1 aromatic carbocycles. The van der Waals surface area contributed by atoms with E-state index in [9.17, 15) is 4.79 Å². The van der Waals surface area contributed by atoms with Crippen molar-refractivity contribution in [1.29, 1.82) is 0 Å². The molecule has 128 valence electrons. The van der Waals surface area contributed by atoms with E-state index >= 15 is 0 Å². The SMILES string of the molecule is C[C@@H]1CSCCN1C(=O)NCc1cccc(OCCN(C)C)c1. The average molecular weight is 337 g/mol. The summed E-state index contributed by atoms with van der Waals surface area (Å²) in [6.07, 6.45) is 0. The van der Waals surface area contributed by atoms with Crippen molar-refractivity contribution in [3.05, 3.63) is 29.8 Å². The molecule has 5 nitrogen and oxygen atoms in total. The zero-order chi connectivity index (χ0) is 16.7. The first-order valence-electron chi connectivity index (χ1n) is 8.05. The second-order valence-electron chi connectivity index (χ2n) is 6.08. The van der Waals surface area contributed by atoms with Crippen molar-refractivity contribution in [3.8, 4) is 5.75 Å². The number of likely N-dealkylation sites (N-methyl/N-ethyl adjacent to an activating group) is 1. The number of ether oxygens (including phenoxy) is 1. The summed E-state index contributed by atoms with van der Waals surface area (Å²) in [5.41, 5.74) is 1.06. The molecule has 0 spiro atoms. The summed E-state index contributed by atoms with van der Waals surface area (Å²) in [6.45, 7) is 4.99. The number of benzene rings is 1. The minimum absolute atomic E-state index is 0.0247. The lowest BCUT2D eigenvalue weighted by Gasteiger charge is -2.33. The number of carbonyl (C=O) groups excluding carboxylic acids is 1. The topological polar surface area (TPSA) is 44.8 Å². The van der Waals surface area contributed by atoms with Crippen molar-refractivity contribution >= 4 is 17.8 Å². The number of nitrogens with zero attached hydrogens (tertiary/aromatic N) is 2. The molecule has 6 heteroatoms. The standard InChI is InChI=1S/C17H27N3O2S/c1-14-13-23-10-8-20(14)17(21)18-12-15-5-4-6-16(11-15)22-9-7-19(2)3/h4-6,11,14H,7-10,12-13H2,1-3H3,(H,18,21)/t14-/m1/s1. The predicted octanol–water partition coefficient (Wildman–Crippen LogP) is 2.27. The van der Waals surface area contributed by atoms with Crippen LogP contribution in [0.1, 0.15) is 12.5 Å². The van der Waals surface area contributed by atoms with E-state index in [1.54, 1.807) is 0 Å². The zero-order valence-electron chi connectivity index (χ0n) is 14.2. The molecule has 2 rings (SSSR count). The Kier molecular flexibility index (Phi) is 7.05. The Labute approximate surface area is 143 Å². The van der Waals surface area contributed by atoms with Crippen molar-refractivity contribution in [1.82, 2.24) is 15.1 Å². The van der Waals surface area contributed by atoms with Crippen LogP contribution < -0.4 is 10.1 Å². The highest BCUT2D eigenvalue weighted by Crippen LogP contribution is 2.16. The van der Waals surface area contributed by atoms with Gasteiger partial charge in [-0.05, 0) is 38.7 Å². The van der Waals surface area contributed by atoms with Crippen molar-refractivity contribution in [2.75, 3.05) is 45.3 Å². The molecular weight excluding hydrogens is 310 g/mol. The Balaban J connectivity index is 1.81. The average Bonchev–Trinajstić information content (AvgIpc) is 2.53. The third kappa shape index (κ3) is 5.95. The first-order chi connectivity index (χ1) is 11.1. The Bertz CT molecular complexity index is 510. The summed E-state index contributed by atoms with van der Waals surface area (Å²) in [4.78, 5) is 16.3. The molecule has 0 unspecified atom stereocenters. The second-order valence-corrected chi connectivity index (χ2v) is 7.23. The molecule has 1 fully saturated rings. The van der Waals surface area contributed by atoms with E-state index < -0.39 is 0 Å². The van der Waals surface area contributed by atoms with E-state index in [0.29, 0.717) is 19.2 Å². The number of hydrogen-bond donors (Lipinski definition) is 1. The first kappa shape index (κ1) is 17.9. The summed E-state index contributed by atoms with van der Waals surface area (Å²) in [5, 5.41) is 3.01. The molecule has 1 heterocycles. The van der Waals surface area contributed by atoms with Crippen LogP contribution in [-0.4, -0.2) is 67.2 Å². The molecule has 1 aliphatic heterocycles. The highest BCUT2D eigenvalue weighted by molar-refractivity contribution is 7.99. The number of thioether (sulfide) groups is 1. The van der Waals surface area contributed by atoms with Crippen LogP contribution in [0.3, 0.4) is 0 Å². The number of hydrogen-bond acceptors (Lipinski definition) is 4. The molecule has 0 bridgehead atoms. The van der Waals surface area contributed by atoms with Crippen LogP contribution in [0, 0.1) is 0 Å². The number of amides is 2. The minimum Gasteiger partial charge on any atom is -0.492 e. The van der Waals surface area contributed by atoms with Gasteiger partial charge in [-0.1, -0.05) is 12.1 Å². The second kappa shape index (κ2) is 9.03. The van der Waals surface area contributed by atoms with Crippen LogP contribution in [0.25, 0.3) is 0 Å². The molecule has 23 heavy (non-hydrogen) atoms. The zero-order valence-corrected chi connectivity index (χ0v) is 15.1. The molecule has 2 amide bonds. The summed E-state index contributed by atoms with van der Waals surface area (Å²) in [7, 11) is 4.05. The van der Waals surface area contributed by atoms with Crippen LogP contribution in [0.5, 0.6) is 5.75 Å². The van der Waals surface area contributed by atoms with Crippen molar-refractivity contribution in [2.24, 2.45) is 0 Å². The lowest BCUT2D eigenvalue weighted by Crippen LogP contribution is -2.49. The molecule has 1 saturated heterocycles. The number of carbonyl (C=O) groups is 1. The maximum absolute atomic E-state index is 12.3. The van der Waals surface area contributed by atoms with Gasteiger partial charge in [-0.3, -0.25) is 0 Å². The molecule has 1 N–H and O–H groups in total. The predicted molar refractivity (Wildman–Crippen MR) is 96.2 cm³/mol. The van der Waals surface area contributed by atoms with E-state index in [2.05, 4.69) is 17.1 Å². The minimum atomic E-state index is 0.0247. The maximum atomic E-state index is 12.3. The molecule has 1 atom stereocenters. The van der Waals surface area contributed by atoms with E-state index in [1.807, 2.05) is 55.0 Å². The van der Waals surface area contributed by atoms with Gasteiger partial charge < -0.3 is 19.9 Å². The van der Waals surface area contributed by atoms with Gasteiger partial charge in [0.25, 0.3) is 0 Å². The Morgan fingerprint density at radius 2 is 2.30 bits per heavy atom. The smallest absolute Gasteiger partial charge is 0.317 e. The normalized spacial score (nSPS) is 18.1. The van der Waals surface area contributed by atoms with E-state index in [1.165, 1.54) is 0 Å². The number of nitrogens with one attached hydrogen (secondary N) is 1. The number of rotatable bonds is 6. The fourth-order valence-corrected chi connectivity index (χ4v) is 3.41. The fraction of sp³-hybridized carbons (Fsp3) is 0.588. The molecule has 0 aromatic heterocycles. The van der Waals surface area contributed by atoms with Crippen molar-refractivity contribution < 1.29 is 9.53 Å². The maximum Gasteiger partial charge on any atom is 0.317 e. The lowest BCUT2D eigenvalue weighted by atomic mass is 10.2. The summed E-state index contributed by atoms with van der Waals surface area (Å²) < 4.78 is 5.73. The largest absolute Gasteiger partial charge is 0.492 e. The van der Waals surface area contributed by atoms with Gasteiger partial charge >= 0.3 is 6.03 Å². The third-order valence-corrected chi connectivity index (χ3v) is 4.97. The van der Waals surface area contributed by atoms with E-state index in [4.69, 9.17) is 4.74 Å². The van der Waals surface area contributed by atoms with Crippen molar-refractivity contribution in [3.63, 3.8) is 0 Å². The van der Waals surface area contributed by atoms with Gasteiger partial charge in [0.05, 0.1) is 0 Å². The Morgan fingerprint density at radius 1 is 1.48 bits per heavy atom. The summed E-state index contributed by atoms with van der Waals surface area (Å²) >= 11 is 1.91. The fourth-order valence-electron chi connectivity index (χ4n) is 2.40. The van der Waals surface area contributed by atoms with Gasteiger partial charge in [0, 0.05) is 37.2 Å². The van der Waals surface area contributed by atoms with Crippen LogP contribution in [-0.2, 0) is 6.54 Å². The third-order valence-electron chi connectivity index (χ3n) is 3.78. The van der Waals surface area contributed by atoms with Gasteiger partial charge in [0.2, 0.25) is 0 Å². The van der Waals surface area contributed by atoms with Crippen LogP contribution in [0.2, 0.25) is 0 Å². The molecular formula is C17H27N3O2S. The van der Waals surface area contributed by atoms with Gasteiger partial charge in [0.15, 0.2) is 0 Å². The molecule has 0 aliphatic carbocycles. The Hall–Kier alpha value is -1.40. The van der Waals surface area contributed by atoms with Crippen LogP contribution in [0.15, 0.2) is 24.3 Å². The van der Waals surface area contributed by atoms with Gasteiger partial charge in [0.1, 0.15) is 12.4 Å². The van der Waals surface area contributed by atoms with Crippen molar-refractivity contribution in [2.45, 2.75) is 19.5 Å². The molecule has 0 radical (unpaired) electrons. The van der Waals surface area contributed by atoms with E-state index in [-0.39, 0.29) is 6.03 Å². The summed E-state index contributed by atoms with van der Waals surface area (Å²) in [5.74, 6) is 2.89. The highest BCUT2D eigenvalue weighted by atomic mass is 32.2. The quantitative estimate of drug-likeness (QED) is 0.865. The van der Waals surface area contributed by atoms with Gasteiger partial charge in [-0.25, -0.2) is 4.79 Å². The van der Waals surface area contributed by atoms with Crippen LogP contribution in [0.4, 0.5) is 4.79 Å². The number of urea groups is 1. The summed E-state index contributed by atoms with van der Waals surface area (Å²) in [6, 6.07) is 8.24. The molecule has 1 aliphatic rings. The van der Waals surface area contributed by atoms with Crippen LogP contribution >= 0.6 is 11.8 Å². The molecule has 1 aromatic rings. The first-order valence-corrected chi connectivity index (χ1v) is 9.20. The molecule has 0 saturated carbocycles. The van der Waals surface area contributed by atoms with Gasteiger partial charge in [-0.15, -0.1) is 0 Å². The monoisotopic (exact) mass is 337 g/mol. The Morgan fingerprint density at radius 3 is 3.04 bits per heavy atom. The lowest BCUT2D eigenvalue weighted by molar-refractivity contribution is 0.186. The van der Waals surface area contributed by atoms with Gasteiger partial charge in [-0.2, -0.15) is 11.8 Å². The van der Waals surface area contributed by atoms with E-state index in [0.717, 1.165) is 35.9 Å². The highest BCUT2D eigenvalue weighted by Gasteiger charge is 2.23.